The van der Waals surface area contributed by atoms with Gasteiger partial charge in [0, 0.05) is 12.5 Å². The number of hydrogen-bond donors (Lipinski definition) is 1. The van der Waals surface area contributed by atoms with Crippen molar-refractivity contribution in [1.82, 2.24) is 10.2 Å². The fraction of sp³-hybridized carbons (Fsp3) is 0.579. The van der Waals surface area contributed by atoms with Crippen LogP contribution in [0.1, 0.15) is 49.3 Å². The summed E-state index contributed by atoms with van der Waals surface area (Å²) in [6.45, 7) is 1.03. The summed E-state index contributed by atoms with van der Waals surface area (Å²) in [5.41, 5.74) is 2.44. The van der Waals surface area contributed by atoms with E-state index >= 15 is 0 Å². The topological polar surface area (TPSA) is 49.4 Å². The predicted molar refractivity (Wildman–Crippen MR) is 88.0 cm³/mol. The quantitative estimate of drug-likeness (QED) is 0.911. The van der Waals surface area contributed by atoms with E-state index in [2.05, 4.69) is 17.4 Å². The van der Waals surface area contributed by atoms with Crippen molar-refractivity contribution in [1.29, 1.82) is 0 Å². The van der Waals surface area contributed by atoms with Crippen molar-refractivity contribution in [2.45, 2.75) is 50.6 Å². The number of piperazine rings is 1. The molecule has 0 aromatic heterocycles. The average molecular weight is 312 g/mol. The lowest BCUT2D eigenvalue weighted by Gasteiger charge is -2.45. The molecule has 1 aromatic carbocycles. The molecule has 4 nitrogen and oxygen atoms in total. The molecule has 2 unspecified atom stereocenters. The molecule has 3 aliphatic rings. The van der Waals surface area contributed by atoms with Gasteiger partial charge in [-0.3, -0.25) is 14.9 Å². The van der Waals surface area contributed by atoms with Crippen LogP contribution in [0, 0.1) is 5.92 Å². The number of carbonyl (C=O) groups excluding carboxylic acids is 2. The largest absolute Gasteiger partial charge is 0.332 e. The Balaban J connectivity index is 1.67. The van der Waals surface area contributed by atoms with E-state index < -0.39 is 0 Å². The van der Waals surface area contributed by atoms with E-state index in [1.54, 1.807) is 0 Å². The minimum Gasteiger partial charge on any atom is -0.332 e. The molecule has 2 fully saturated rings. The molecule has 2 atom stereocenters. The van der Waals surface area contributed by atoms with E-state index in [0.717, 1.165) is 44.2 Å². The van der Waals surface area contributed by atoms with Crippen molar-refractivity contribution in [3.63, 3.8) is 0 Å². The van der Waals surface area contributed by atoms with Gasteiger partial charge in [-0.2, -0.15) is 0 Å². The second-order valence-electron chi connectivity index (χ2n) is 7.08. The van der Waals surface area contributed by atoms with Crippen molar-refractivity contribution >= 4 is 11.7 Å². The number of amides is 1. The summed E-state index contributed by atoms with van der Waals surface area (Å²) in [7, 11) is 0. The highest BCUT2D eigenvalue weighted by Gasteiger charge is 2.44. The van der Waals surface area contributed by atoms with Gasteiger partial charge in [-0.25, -0.2) is 0 Å². The lowest BCUT2D eigenvalue weighted by molar-refractivity contribution is -0.141. The van der Waals surface area contributed by atoms with Crippen LogP contribution in [0.25, 0.3) is 0 Å². The van der Waals surface area contributed by atoms with Crippen molar-refractivity contribution in [3.05, 3.63) is 35.4 Å². The number of nitrogens with one attached hydrogen (secondary N) is 1. The minimum atomic E-state index is -0.239. The van der Waals surface area contributed by atoms with Gasteiger partial charge in [-0.15, -0.1) is 0 Å². The zero-order valence-corrected chi connectivity index (χ0v) is 13.5. The Morgan fingerprint density at radius 3 is 2.74 bits per heavy atom. The van der Waals surface area contributed by atoms with Gasteiger partial charge in [0.15, 0.2) is 5.78 Å². The lowest BCUT2D eigenvalue weighted by Crippen LogP contribution is -2.61. The van der Waals surface area contributed by atoms with Crippen LogP contribution in [0.3, 0.4) is 0 Å². The fourth-order valence-corrected chi connectivity index (χ4v) is 4.55. The second kappa shape index (κ2) is 6.08. The average Bonchev–Trinajstić information content (AvgIpc) is 2.62. The highest BCUT2D eigenvalue weighted by molar-refractivity contribution is 5.91. The highest BCUT2D eigenvalue weighted by Crippen LogP contribution is 2.37. The summed E-state index contributed by atoms with van der Waals surface area (Å²) < 4.78 is 0. The van der Waals surface area contributed by atoms with Gasteiger partial charge in [0.1, 0.15) is 0 Å². The molecule has 0 radical (unpaired) electrons. The fourth-order valence-electron chi connectivity index (χ4n) is 4.55. The molecule has 2 aliphatic heterocycles. The van der Waals surface area contributed by atoms with Crippen LogP contribution in [-0.4, -0.2) is 35.7 Å². The molecular weight excluding hydrogens is 288 g/mol. The van der Waals surface area contributed by atoms with Crippen LogP contribution in [0.2, 0.25) is 0 Å². The van der Waals surface area contributed by atoms with Crippen LogP contribution in [0.4, 0.5) is 0 Å². The third-order valence-corrected chi connectivity index (χ3v) is 5.75. The molecule has 4 heteroatoms. The second-order valence-corrected chi connectivity index (χ2v) is 7.08. The Hall–Kier alpha value is -1.68. The summed E-state index contributed by atoms with van der Waals surface area (Å²) in [6, 6.07) is 7.93. The van der Waals surface area contributed by atoms with Crippen LogP contribution < -0.4 is 5.32 Å². The smallest absolute Gasteiger partial charge is 0.237 e. The van der Waals surface area contributed by atoms with Gasteiger partial charge in [0.25, 0.3) is 0 Å². The zero-order chi connectivity index (χ0) is 15.8. The third kappa shape index (κ3) is 2.59. The Bertz CT molecular complexity index is 622. The molecule has 1 saturated carbocycles. The molecule has 23 heavy (non-hydrogen) atoms. The number of hydrogen-bond acceptors (Lipinski definition) is 3. The Labute approximate surface area is 137 Å². The van der Waals surface area contributed by atoms with E-state index in [1.165, 1.54) is 12.0 Å². The maximum absolute atomic E-state index is 13.1. The Morgan fingerprint density at radius 2 is 1.91 bits per heavy atom. The molecule has 122 valence electrons. The lowest BCUT2D eigenvalue weighted by atomic mass is 9.78. The molecule has 1 aromatic rings. The summed E-state index contributed by atoms with van der Waals surface area (Å²) in [4.78, 5) is 27.4. The minimum absolute atomic E-state index is 0.115. The molecule has 2 heterocycles. The highest BCUT2D eigenvalue weighted by atomic mass is 16.2. The van der Waals surface area contributed by atoms with Crippen LogP contribution in [0.15, 0.2) is 24.3 Å². The number of carbonyl (C=O) groups is 2. The number of Topliss-reactive ketones (excluding diaryl/α,β-unsaturated/α-hetero) is 1. The van der Waals surface area contributed by atoms with Gasteiger partial charge >= 0.3 is 0 Å². The van der Waals surface area contributed by atoms with Crippen molar-refractivity contribution < 1.29 is 9.59 Å². The van der Waals surface area contributed by atoms with Crippen molar-refractivity contribution in [2.75, 3.05) is 13.1 Å². The number of nitrogens with zero attached hydrogens (tertiary/aromatic N) is 1. The van der Waals surface area contributed by atoms with E-state index in [-0.39, 0.29) is 23.9 Å². The summed E-state index contributed by atoms with van der Waals surface area (Å²) in [5.74, 6) is 0.617. The number of rotatable bonds is 2. The van der Waals surface area contributed by atoms with Gasteiger partial charge in [-0.05, 0) is 30.4 Å². The van der Waals surface area contributed by atoms with Crippen LogP contribution in [-0.2, 0) is 16.0 Å². The SMILES string of the molecule is O=C(C1CCCCC1)C1NCC(=O)N2CCc3ccccc3C12. The van der Waals surface area contributed by atoms with Crippen LogP contribution >= 0.6 is 0 Å². The third-order valence-electron chi connectivity index (χ3n) is 5.75. The first-order valence-electron chi connectivity index (χ1n) is 8.90. The maximum Gasteiger partial charge on any atom is 0.237 e. The van der Waals surface area contributed by atoms with E-state index in [0.29, 0.717) is 12.3 Å². The number of benzene rings is 1. The standard InChI is InChI=1S/C19H24N2O2/c22-16-12-20-17(19(23)14-7-2-1-3-8-14)18-15-9-5-4-6-13(15)10-11-21(16)18/h4-6,9,14,17-18,20H,1-3,7-8,10-12H2. The molecular formula is C19H24N2O2. The van der Waals surface area contributed by atoms with Gasteiger partial charge in [0.2, 0.25) is 5.91 Å². The summed E-state index contributed by atoms with van der Waals surface area (Å²) in [5, 5.41) is 3.27. The normalized spacial score (nSPS) is 28.2. The van der Waals surface area contributed by atoms with E-state index in [9.17, 15) is 9.59 Å². The first-order chi connectivity index (χ1) is 11.3. The maximum atomic E-state index is 13.1. The molecule has 1 saturated heterocycles. The van der Waals surface area contributed by atoms with Crippen molar-refractivity contribution in [3.8, 4) is 0 Å². The molecule has 1 amide bonds. The van der Waals surface area contributed by atoms with E-state index in [4.69, 9.17) is 0 Å². The van der Waals surface area contributed by atoms with E-state index in [1.807, 2.05) is 17.0 Å². The number of fused-ring (bicyclic) bond motifs is 3. The monoisotopic (exact) mass is 312 g/mol. The molecule has 1 N–H and O–H groups in total. The zero-order valence-electron chi connectivity index (χ0n) is 13.5. The van der Waals surface area contributed by atoms with Gasteiger partial charge in [0.05, 0.1) is 18.6 Å². The van der Waals surface area contributed by atoms with Gasteiger partial charge in [-0.1, -0.05) is 43.5 Å². The summed E-state index contributed by atoms with van der Waals surface area (Å²) >= 11 is 0. The van der Waals surface area contributed by atoms with Crippen molar-refractivity contribution in [2.24, 2.45) is 5.92 Å². The molecule has 4 rings (SSSR count). The Kier molecular flexibility index (Phi) is 3.93. The summed E-state index contributed by atoms with van der Waals surface area (Å²) in [6.07, 6.45) is 6.49. The molecule has 0 bridgehead atoms. The molecule has 0 spiro atoms. The Morgan fingerprint density at radius 1 is 1.13 bits per heavy atom. The first-order valence-corrected chi connectivity index (χ1v) is 8.90. The van der Waals surface area contributed by atoms with Gasteiger partial charge < -0.3 is 4.90 Å². The number of ketones is 1. The van der Waals surface area contributed by atoms with Crippen LogP contribution in [0.5, 0.6) is 0 Å². The molecule has 1 aliphatic carbocycles. The predicted octanol–water partition coefficient (Wildman–Crippen LogP) is 2.23. The first kappa shape index (κ1) is 14.9.